The van der Waals surface area contributed by atoms with E-state index >= 15 is 0 Å². The molecule has 0 bridgehead atoms. The summed E-state index contributed by atoms with van der Waals surface area (Å²) in [4.78, 5) is 4.65. The Balaban J connectivity index is 1.36. The minimum atomic E-state index is -3.67. The van der Waals surface area contributed by atoms with Crippen LogP contribution in [0.25, 0.3) is 10.9 Å². The quantitative estimate of drug-likeness (QED) is 0.401. The minimum absolute atomic E-state index is 0.171. The number of fused-ring (bicyclic) bond motifs is 1. The standard InChI is InChI=1S/C21H23NO4S/c1-17-9-12-19(13-10-17)27(23,24)26-16-6-2-5-15-25-21-14-11-18-7-3-4-8-20(18)22-21/h3-4,7-14H,2,5-6,15-16H2,1H3. The van der Waals surface area contributed by atoms with Crippen LogP contribution in [0.4, 0.5) is 0 Å². The van der Waals surface area contributed by atoms with Crippen LogP contribution in [-0.2, 0) is 14.3 Å². The number of pyridine rings is 1. The van der Waals surface area contributed by atoms with Gasteiger partial charge in [-0.25, -0.2) is 4.98 Å². The number of para-hydroxylation sites is 1. The van der Waals surface area contributed by atoms with Gasteiger partial charge in [0.15, 0.2) is 0 Å². The monoisotopic (exact) mass is 385 g/mol. The van der Waals surface area contributed by atoms with Gasteiger partial charge in [-0.2, -0.15) is 8.42 Å². The summed E-state index contributed by atoms with van der Waals surface area (Å²) < 4.78 is 34.9. The smallest absolute Gasteiger partial charge is 0.296 e. The topological polar surface area (TPSA) is 65.5 Å². The fourth-order valence-electron chi connectivity index (χ4n) is 2.63. The van der Waals surface area contributed by atoms with Crippen LogP contribution in [-0.4, -0.2) is 26.6 Å². The number of unbranched alkanes of at least 4 members (excludes halogenated alkanes) is 2. The highest BCUT2D eigenvalue weighted by Crippen LogP contribution is 2.17. The van der Waals surface area contributed by atoms with Crippen molar-refractivity contribution in [3.05, 3.63) is 66.2 Å². The molecule has 0 N–H and O–H groups in total. The third-order valence-electron chi connectivity index (χ3n) is 4.16. The lowest BCUT2D eigenvalue weighted by Crippen LogP contribution is -2.08. The molecule has 27 heavy (non-hydrogen) atoms. The van der Waals surface area contributed by atoms with E-state index < -0.39 is 10.1 Å². The lowest BCUT2D eigenvalue weighted by molar-refractivity contribution is 0.276. The predicted octanol–water partition coefficient (Wildman–Crippen LogP) is 4.50. The molecule has 0 atom stereocenters. The Morgan fingerprint density at radius 1 is 0.852 bits per heavy atom. The number of ether oxygens (including phenoxy) is 1. The summed E-state index contributed by atoms with van der Waals surface area (Å²) in [7, 11) is -3.67. The van der Waals surface area contributed by atoms with Crippen molar-refractivity contribution >= 4 is 21.0 Å². The molecule has 1 heterocycles. The van der Waals surface area contributed by atoms with Gasteiger partial charge in [0.05, 0.1) is 23.6 Å². The van der Waals surface area contributed by atoms with Gasteiger partial charge >= 0.3 is 0 Å². The van der Waals surface area contributed by atoms with Gasteiger partial charge in [-0.05, 0) is 50.5 Å². The number of benzene rings is 2. The zero-order valence-electron chi connectivity index (χ0n) is 15.3. The normalized spacial score (nSPS) is 11.6. The molecule has 0 saturated heterocycles. The Morgan fingerprint density at radius 2 is 1.59 bits per heavy atom. The molecular formula is C21H23NO4S. The van der Waals surface area contributed by atoms with E-state index in [1.807, 2.05) is 43.3 Å². The van der Waals surface area contributed by atoms with E-state index in [9.17, 15) is 8.42 Å². The zero-order chi connectivity index (χ0) is 19.1. The predicted molar refractivity (Wildman–Crippen MR) is 105 cm³/mol. The summed E-state index contributed by atoms with van der Waals surface area (Å²) in [5.74, 6) is 0.604. The van der Waals surface area contributed by atoms with Crippen molar-refractivity contribution in [1.29, 1.82) is 0 Å². The van der Waals surface area contributed by atoms with Crippen molar-refractivity contribution in [3.63, 3.8) is 0 Å². The lowest BCUT2D eigenvalue weighted by Gasteiger charge is -2.07. The van der Waals surface area contributed by atoms with Crippen LogP contribution in [0.1, 0.15) is 24.8 Å². The first kappa shape index (κ1) is 19.3. The third-order valence-corrected chi connectivity index (χ3v) is 5.49. The summed E-state index contributed by atoms with van der Waals surface area (Å²) in [6, 6.07) is 18.4. The molecule has 6 heteroatoms. The van der Waals surface area contributed by atoms with Crippen LogP contribution in [0.15, 0.2) is 65.6 Å². The van der Waals surface area contributed by atoms with E-state index in [0.29, 0.717) is 18.9 Å². The van der Waals surface area contributed by atoms with Crippen molar-refractivity contribution in [2.45, 2.75) is 31.1 Å². The second-order valence-corrected chi connectivity index (χ2v) is 7.96. The van der Waals surface area contributed by atoms with E-state index in [1.165, 1.54) is 0 Å². The molecule has 0 aliphatic carbocycles. The van der Waals surface area contributed by atoms with Crippen LogP contribution in [0, 0.1) is 6.92 Å². The Labute approximate surface area is 160 Å². The first-order valence-corrected chi connectivity index (χ1v) is 10.4. The number of hydrogen-bond donors (Lipinski definition) is 0. The Hall–Kier alpha value is -2.44. The maximum atomic E-state index is 12.1. The fourth-order valence-corrected chi connectivity index (χ4v) is 3.57. The highest BCUT2D eigenvalue weighted by atomic mass is 32.2. The van der Waals surface area contributed by atoms with Gasteiger partial charge < -0.3 is 4.74 Å². The minimum Gasteiger partial charge on any atom is -0.478 e. The van der Waals surface area contributed by atoms with Crippen molar-refractivity contribution in [1.82, 2.24) is 4.98 Å². The van der Waals surface area contributed by atoms with Gasteiger partial charge in [0.2, 0.25) is 5.88 Å². The van der Waals surface area contributed by atoms with E-state index in [0.717, 1.165) is 29.3 Å². The maximum Gasteiger partial charge on any atom is 0.296 e. The molecule has 0 aliphatic heterocycles. The molecule has 0 amide bonds. The van der Waals surface area contributed by atoms with Gasteiger partial charge in [0, 0.05) is 11.5 Å². The number of nitrogens with zero attached hydrogens (tertiary/aromatic N) is 1. The zero-order valence-corrected chi connectivity index (χ0v) is 16.1. The van der Waals surface area contributed by atoms with Crippen LogP contribution in [0.2, 0.25) is 0 Å². The van der Waals surface area contributed by atoms with E-state index in [1.54, 1.807) is 24.3 Å². The van der Waals surface area contributed by atoms with Crippen molar-refractivity contribution in [2.75, 3.05) is 13.2 Å². The SMILES string of the molecule is Cc1ccc(S(=O)(=O)OCCCCCOc2ccc3ccccc3n2)cc1. The van der Waals surface area contributed by atoms with Gasteiger partial charge in [0.1, 0.15) is 0 Å². The molecular weight excluding hydrogens is 362 g/mol. The van der Waals surface area contributed by atoms with Crippen LogP contribution in [0.3, 0.4) is 0 Å². The second-order valence-electron chi connectivity index (χ2n) is 6.34. The third kappa shape index (κ3) is 5.52. The highest BCUT2D eigenvalue weighted by molar-refractivity contribution is 7.86. The summed E-state index contributed by atoms with van der Waals surface area (Å²) in [6.45, 7) is 2.62. The molecule has 0 radical (unpaired) electrons. The van der Waals surface area contributed by atoms with Crippen LogP contribution >= 0.6 is 0 Å². The maximum absolute atomic E-state index is 12.1. The van der Waals surface area contributed by atoms with Crippen molar-refractivity contribution < 1.29 is 17.3 Å². The first-order chi connectivity index (χ1) is 13.0. The number of hydrogen-bond acceptors (Lipinski definition) is 5. The van der Waals surface area contributed by atoms with Gasteiger partial charge in [-0.1, -0.05) is 35.9 Å². The Morgan fingerprint density at radius 3 is 2.41 bits per heavy atom. The number of rotatable bonds is 9. The second kappa shape index (κ2) is 8.97. The molecule has 142 valence electrons. The molecule has 5 nitrogen and oxygen atoms in total. The summed E-state index contributed by atoms with van der Waals surface area (Å²) >= 11 is 0. The molecule has 3 aromatic rings. The van der Waals surface area contributed by atoms with E-state index in [-0.39, 0.29) is 11.5 Å². The first-order valence-electron chi connectivity index (χ1n) is 8.99. The van der Waals surface area contributed by atoms with E-state index in [2.05, 4.69) is 4.98 Å². The van der Waals surface area contributed by atoms with Crippen molar-refractivity contribution in [2.24, 2.45) is 0 Å². The van der Waals surface area contributed by atoms with Gasteiger partial charge in [0.25, 0.3) is 10.1 Å². The highest BCUT2D eigenvalue weighted by Gasteiger charge is 2.14. The molecule has 0 aliphatic rings. The van der Waals surface area contributed by atoms with Crippen LogP contribution < -0.4 is 4.74 Å². The summed E-state index contributed by atoms with van der Waals surface area (Å²) in [6.07, 6.45) is 2.28. The number of aryl methyl sites for hydroxylation is 1. The lowest BCUT2D eigenvalue weighted by atomic mass is 10.2. The average molecular weight is 385 g/mol. The molecule has 0 fully saturated rings. The van der Waals surface area contributed by atoms with Gasteiger partial charge in [-0.3, -0.25) is 4.18 Å². The Bertz CT molecular complexity index is 984. The molecule has 2 aromatic carbocycles. The molecule has 3 rings (SSSR count). The van der Waals surface area contributed by atoms with E-state index in [4.69, 9.17) is 8.92 Å². The summed E-state index contributed by atoms with van der Waals surface area (Å²) in [5, 5.41) is 1.08. The van der Waals surface area contributed by atoms with Gasteiger partial charge in [-0.15, -0.1) is 0 Å². The Kier molecular flexibility index (Phi) is 6.42. The molecule has 0 spiro atoms. The van der Waals surface area contributed by atoms with Crippen molar-refractivity contribution in [3.8, 4) is 5.88 Å². The van der Waals surface area contributed by atoms with Crippen LogP contribution in [0.5, 0.6) is 5.88 Å². The number of aromatic nitrogens is 1. The molecule has 0 saturated carbocycles. The molecule has 1 aromatic heterocycles. The molecule has 0 unspecified atom stereocenters. The average Bonchev–Trinajstić information content (AvgIpc) is 2.67. The fraction of sp³-hybridized carbons (Fsp3) is 0.286. The largest absolute Gasteiger partial charge is 0.478 e. The summed E-state index contributed by atoms with van der Waals surface area (Å²) in [5.41, 5.74) is 1.92.